The molecule has 0 spiro atoms. The Morgan fingerprint density at radius 3 is 2.90 bits per heavy atom. The van der Waals surface area contributed by atoms with Gasteiger partial charge in [0.05, 0.1) is 10.3 Å². The van der Waals surface area contributed by atoms with Crippen molar-refractivity contribution in [2.75, 3.05) is 13.6 Å². The van der Waals surface area contributed by atoms with E-state index in [1.54, 1.807) is 30.5 Å². The molecule has 150 valence electrons. The second-order valence-electron chi connectivity index (χ2n) is 7.50. The van der Waals surface area contributed by atoms with Crippen molar-refractivity contribution in [1.82, 2.24) is 19.7 Å². The van der Waals surface area contributed by atoms with Crippen molar-refractivity contribution in [3.05, 3.63) is 63.1 Å². The molecule has 1 saturated heterocycles. The molecule has 0 saturated carbocycles. The molecular weight excluding hydrogens is 370 g/mol. The van der Waals surface area contributed by atoms with Gasteiger partial charge in [-0.1, -0.05) is 18.6 Å². The third-order valence-electron chi connectivity index (χ3n) is 5.64. The van der Waals surface area contributed by atoms with Crippen LogP contribution < -0.4 is 5.56 Å². The van der Waals surface area contributed by atoms with E-state index in [1.807, 2.05) is 0 Å². The van der Waals surface area contributed by atoms with Crippen LogP contribution in [0.3, 0.4) is 0 Å². The van der Waals surface area contributed by atoms with Crippen LogP contribution in [0.25, 0.3) is 22.2 Å². The molecule has 1 aromatic carbocycles. The lowest BCUT2D eigenvalue weighted by molar-refractivity contribution is -0.384. The first-order valence-electron chi connectivity index (χ1n) is 9.85. The molecule has 1 aliphatic rings. The summed E-state index contributed by atoms with van der Waals surface area (Å²) in [4.78, 5) is 30.4. The van der Waals surface area contributed by atoms with Gasteiger partial charge >= 0.3 is 0 Å². The van der Waals surface area contributed by atoms with Crippen molar-refractivity contribution in [3.63, 3.8) is 0 Å². The van der Waals surface area contributed by atoms with E-state index in [4.69, 9.17) is 0 Å². The minimum Gasteiger partial charge on any atom is -0.303 e. The van der Waals surface area contributed by atoms with Gasteiger partial charge in [-0.05, 0) is 45.0 Å². The molecule has 0 amide bonds. The number of aryl methyl sites for hydroxylation is 1. The van der Waals surface area contributed by atoms with Crippen LogP contribution in [-0.2, 0) is 6.54 Å². The number of nitro benzene ring substituents is 1. The van der Waals surface area contributed by atoms with Gasteiger partial charge in [0.15, 0.2) is 0 Å². The van der Waals surface area contributed by atoms with Crippen LogP contribution in [0.5, 0.6) is 0 Å². The minimum atomic E-state index is -0.436. The van der Waals surface area contributed by atoms with E-state index in [0.717, 1.165) is 19.4 Å². The first-order valence-corrected chi connectivity index (χ1v) is 9.85. The predicted octanol–water partition coefficient (Wildman–Crippen LogP) is 3.24. The topological polar surface area (TPSA) is 94.2 Å². The summed E-state index contributed by atoms with van der Waals surface area (Å²) in [6, 6.07) is 10.2. The van der Waals surface area contributed by atoms with Gasteiger partial charge < -0.3 is 4.90 Å². The van der Waals surface area contributed by atoms with Crippen LogP contribution in [0, 0.1) is 10.1 Å². The number of aromatic nitrogens is 3. The average Bonchev–Trinajstić information content (AvgIpc) is 2.74. The molecule has 1 unspecified atom stereocenters. The molecule has 29 heavy (non-hydrogen) atoms. The van der Waals surface area contributed by atoms with Crippen molar-refractivity contribution >= 4 is 16.6 Å². The molecule has 1 atom stereocenters. The zero-order valence-corrected chi connectivity index (χ0v) is 16.3. The Morgan fingerprint density at radius 2 is 2.10 bits per heavy atom. The van der Waals surface area contributed by atoms with E-state index in [0.29, 0.717) is 34.7 Å². The SMILES string of the molecule is CN1CCCCC1CCn1nc(-c2cccc([N+](=O)[O-])c2)c2ncccc2c1=O. The number of nitrogens with zero attached hydrogens (tertiary/aromatic N) is 5. The van der Waals surface area contributed by atoms with Crippen LogP contribution >= 0.6 is 0 Å². The molecule has 8 nitrogen and oxygen atoms in total. The van der Waals surface area contributed by atoms with Gasteiger partial charge in [-0.3, -0.25) is 19.9 Å². The highest BCUT2D eigenvalue weighted by molar-refractivity contribution is 5.90. The Bertz CT molecular complexity index is 1110. The number of likely N-dealkylation sites (tertiary alicyclic amines) is 1. The quantitative estimate of drug-likeness (QED) is 0.488. The zero-order chi connectivity index (χ0) is 20.4. The lowest BCUT2D eigenvalue weighted by Crippen LogP contribution is -2.38. The lowest BCUT2D eigenvalue weighted by Gasteiger charge is -2.32. The Morgan fingerprint density at radius 1 is 1.24 bits per heavy atom. The Kier molecular flexibility index (Phi) is 5.35. The molecule has 4 rings (SSSR count). The van der Waals surface area contributed by atoms with E-state index >= 15 is 0 Å². The Balaban J connectivity index is 1.76. The maximum absolute atomic E-state index is 13.0. The van der Waals surface area contributed by atoms with Gasteiger partial charge in [0.2, 0.25) is 0 Å². The van der Waals surface area contributed by atoms with Crippen molar-refractivity contribution in [1.29, 1.82) is 0 Å². The summed E-state index contributed by atoms with van der Waals surface area (Å²) in [5.41, 5.74) is 1.33. The van der Waals surface area contributed by atoms with E-state index in [-0.39, 0.29) is 11.2 Å². The van der Waals surface area contributed by atoms with Gasteiger partial charge in [-0.15, -0.1) is 0 Å². The molecule has 0 aliphatic carbocycles. The van der Waals surface area contributed by atoms with Crippen LogP contribution in [0.1, 0.15) is 25.7 Å². The number of hydrogen-bond donors (Lipinski definition) is 0. The third-order valence-corrected chi connectivity index (χ3v) is 5.64. The molecule has 2 aromatic heterocycles. The summed E-state index contributed by atoms with van der Waals surface area (Å²) in [7, 11) is 2.12. The highest BCUT2D eigenvalue weighted by Crippen LogP contribution is 2.26. The number of benzene rings is 1. The molecule has 3 aromatic rings. The fraction of sp³-hybridized carbons (Fsp3) is 0.381. The second-order valence-corrected chi connectivity index (χ2v) is 7.50. The van der Waals surface area contributed by atoms with Gasteiger partial charge in [0, 0.05) is 36.5 Å². The Labute approximate surface area is 167 Å². The predicted molar refractivity (Wildman–Crippen MR) is 111 cm³/mol. The zero-order valence-electron chi connectivity index (χ0n) is 16.3. The number of nitro groups is 1. The van der Waals surface area contributed by atoms with E-state index in [9.17, 15) is 14.9 Å². The third kappa shape index (κ3) is 3.88. The fourth-order valence-electron chi connectivity index (χ4n) is 4.01. The van der Waals surface area contributed by atoms with Crippen LogP contribution in [0.4, 0.5) is 5.69 Å². The van der Waals surface area contributed by atoms with E-state index < -0.39 is 4.92 Å². The van der Waals surface area contributed by atoms with Gasteiger partial charge in [-0.2, -0.15) is 5.10 Å². The summed E-state index contributed by atoms with van der Waals surface area (Å²) in [6.07, 6.45) is 5.98. The smallest absolute Gasteiger partial charge is 0.276 e. The van der Waals surface area contributed by atoms with Crippen LogP contribution in [0.2, 0.25) is 0 Å². The lowest BCUT2D eigenvalue weighted by atomic mass is 10.0. The number of rotatable bonds is 5. The average molecular weight is 393 g/mol. The monoisotopic (exact) mass is 393 g/mol. The number of fused-ring (bicyclic) bond motifs is 1. The number of hydrogen-bond acceptors (Lipinski definition) is 6. The molecule has 0 N–H and O–H groups in total. The molecule has 1 fully saturated rings. The molecule has 0 bridgehead atoms. The van der Waals surface area contributed by atoms with Crippen LogP contribution in [0.15, 0.2) is 47.4 Å². The van der Waals surface area contributed by atoms with Gasteiger partial charge in [-0.25, -0.2) is 4.68 Å². The van der Waals surface area contributed by atoms with Crippen molar-refractivity contribution < 1.29 is 4.92 Å². The van der Waals surface area contributed by atoms with Crippen molar-refractivity contribution in [3.8, 4) is 11.3 Å². The summed E-state index contributed by atoms with van der Waals surface area (Å²) in [6.45, 7) is 1.58. The normalized spacial score (nSPS) is 17.5. The second kappa shape index (κ2) is 8.08. The van der Waals surface area contributed by atoms with E-state index in [1.165, 1.54) is 29.7 Å². The Hall–Kier alpha value is -3.13. The van der Waals surface area contributed by atoms with Crippen molar-refractivity contribution in [2.45, 2.75) is 38.3 Å². The molecule has 1 aliphatic heterocycles. The molecule has 0 radical (unpaired) electrons. The summed E-state index contributed by atoms with van der Waals surface area (Å²) >= 11 is 0. The first kappa shape index (κ1) is 19.2. The van der Waals surface area contributed by atoms with Gasteiger partial charge in [0.25, 0.3) is 11.2 Å². The van der Waals surface area contributed by atoms with E-state index in [2.05, 4.69) is 22.0 Å². The van der Waals surface area contributed by atoms with Gasteiger partial charge in [0.1, 0.15) is 11.2 Å². The number of pyridine rings is 1. The molecular formula is C21H23N5O3. The number of piperidine rings is 1. The fourth-order valence-corrected chi connectivity index (χ4v) is 4.01. The highest BCUT2D eigenvalue weighted by atomic mass is 16.6. The highest BCUT2D eigenvalue weighted by Gasteiger charge is 2.20. The summed E-state index contributed by atoms with van der Waals surface area (Å²) < 4.78 is 1.49. The largest absolute Gasteiger partial charge is 0.303 e. The van der Waals surface area contributed by atoms with Crippen LogP contribution in [-0.4, -0.2) is 44.2 Å². The van der Waals surface area contributed by atoms with Crippen molar-refractivity contribution in [2.24, 2.45) is 0 Å². The summed E-state index contributed by atoms with van der Waals surface area (Å²) in [5.74, 6) is 0. The standard InChI is InChI=1S/C21H23N5O3/c1-24-12-3-2-7-16(24)10-13-25-21(27)18-9-5-11-22-20(18)19(23-25)15-6-4-8-17(14-15)26(28)29/h4-6,8-9,11,14,16H,2-3,7,10,12-13H2,1H3. The minimum absolute atomic E-state index is 0.0186. The molecule has 3 heterocycles. The number of non-ortho nitro benzene ring substituents is 1. The maximum Gasteiger partial charge on any atom is 0.276 e. The molecule has 8 heteroatoms. The first-order chi connectivity index (χ1) is 14.0. The maximum atomic E-state index is 13.0. The summed E-state index contributed by atoms with van der Waals surface area (Å²) in [5, 5.41) is 16.2.